The average Bonchev–Trinajstić information content (AvgIpc) is 0.924. The first-order chi connectivity index (χ1) is 58.3. The Hall–Kier alpha value is -8.15. The number of hydrogen-bond acceptors (Lipinski definition) is 33. The van der Waals surface area contributed by atoms with Crippen molar-refractivity contribution in [1.82, 2.24) is 0 Å². The first-order valence-electron chi connectivity index (χ1n) is 34.0. The van der Waals surface area contributed by atoms with Gasteiger partial charge in [0.25, 0.3) is 0 Å². The molecule has 0 spiro atoms. The SMILES string of the molecule is C=C/C(OC)=C(O)\C=C\CS(=O)(=O)/C=C/c1c(OC)cc(OC)cc1OC.C=C/C(OC)=C(\C=C\CS(=O)(=O)/C=C/c1c(OC)cc(OC)cc1OC)OP(=O)(O)O.C=CS(=O)(=O)Cc1ccc(OC)c(OP(=O)(O)O)c1.CO.COc1cc(OC)c(/C=C/S(=O)(=O)Cc2ccc(OC)c(OP(=O)(Cl)Cl)c2)c(OC)c1.COc1cccc(OC)c1.O=P(Cl)(Cl)Cl.[Na+].[OH-]. The molecule has 0 bridgehead atoms. The number of allylic oxidation sites excluding steroid dienone is 4. The number of rotatable bonds is 40. The second kappa shape index (κ2) is 60.7. The third kappa shape index (κ3) is 50.0. The maximum atomic E-state index is 12.7. The molecular formula is C76H98Cl5NaO37P4S4. The van der Waals surface area contributed by atoms with Crippen LogP contribution in [0.5, 0.6) is 86.2 Å². The Balaban J connectivity index is -0.00000152. The molecule has 0 aliphatic heterocycles. The molecule has 6 rings (SSSR count). The summed E-state index contributed by atoms with van der Waals surface area (Å²) in [5.74, 6) is 3.33. The molecule has 37 nitrogen and oxygen atoms in total. The van der Waals surface area contributed by atoms with Crippen molar-refractivity contribution in [2.24, 2.45) is 0 Å². The number of ether oxygens (including phenoxy) is 15. The zero-order valence-corrected chi connectivity index (χ0v) is 84.0. The van der Waals surface area contributed by atoms with Crippen molar-refractivity contribution in [2.75, 3.05) is 125 Å². The molecule has 0 aromatic heterocycles. The molecule has 0 fully saturated rings. The Kier molecular flexibility index (Phi) is 58.8. The average molecular weight is 2060 g/mol. The van der Waals surface area contributed by atoms with Crippen molar-refractivity contribution in [3.8, 4) is 86.2 Å². The maximum absolute atomic E-state index is 12.7. The second-order valence-corrected chi connectivity index (χ2v) is 43.6. The third-order valence-electron chi connectivity index (χ3n) is 14.5. The number of aliphatic hydroxyl groups is 2. The standard InChI is InChI=1S/C19H21Cl2O8PS.C19H25O10PS.C19H24O7S.C10H13O7PS.C8H10O2.CH4O.Cl3OP.Na.H2O/c1-25-14-10-17(27-3)15(18(11-14)28-4)7-8-31(23,24)12-13-5-6-16(26-2)19(9-13)29-30(20,21)22;1-6-16(26-3)17(29-30(20,21)22)8-7-10-31(23,24)11-9-15-18(27-4)12-14(25-2)13-19(15)28-5;1-6-17(24-3)16(20)8-7-10-27(21,22)11-9-15-18(25-4)12-14(23-2)13-19(15)26-5;1-3-19(14,15)7-8-4-5-9(16-2)10(6-8)17-18(11,12)13;1-9-7-4-3-5-8(6-7)10-2;1-2;1-5(2,3)4;;/h5-11H,12H2,1-4H3;6-9,11-13H,1,10H2,2-5H3,(H2,20,21,22);6-9,11-13,20H,1,10H2,2-5H3;3-6H,1,7H2,2H3,(H2,11,12,13);3-6H,1-2H3;2H,1H3;;;1H2/q;;;;;;;+1;/p-1/b8-7+;2*8-7+,11-9+,17-16-;;;;;;. The molecule has 0 saturated heterocycles. The van der Waals surface area contributed by atoms with Gasteiger partial charge in [0.05, 0.1) is 146 Å². The quantitative estimate of drug-likeness (QED) is 0.00900. The summed E-state index contributed by atoms with van der Waals surface area (Å²) in [6.45, 7) is 10.1. The van der Waals surface area contributed by atoms with Crippen LogP contribution in [-0.4, -0.2) is 194 Å². The van der Waals surface area contributed by atoms with Crippen molar-refractivity contribution < 1.29 is 201 Å². The number of methoxy groups -OCH3 is 15. The summed E-state index contributed by atoms with van der Waals surface area (Å²) in [7, 11) is -1.55. The van der Waals surface area contributed by atoms with Gasteiger partial charge in [0, 0.05) is 93.7 Å². The summed E-state index contributed by atoms with van der Waals surface area (Å²) >= 11 is 24.8. The summed E-state index contributed by atoms with van der Waals surface area (Å²) in [6.07, 6.45) is 7.40. The van der Waals surface area contributed by atoms with Gasteiger partial charge in [0.1, 0.15) is 63.2 Å². The van der Waals surface area contributed by atoms with Gasteiger partial charge < -0.3 is 100 Å². The molecule has 0 amide bonds. The van der Waals surface area contributed by atoms with Gasteiger partial charge >= 0.3 is 56.5 Å². The van der Waals surface area contributed by atoms with Gasteiger partial charge in [-0.1, -0.05) is 50.1 Å². The van der Waals surface area contributed by atoms with Crippen LogP contribution in [0.25, 0.3) is 18.2 Å². The van der Waals surface area contributed by atoms with Crippen LogP contribution >= 0.6 is 83.1 Å². The summed E-state index contributed by atoms with van der Waals surface area (Å²) < 4.78 is 231. The number of benzene rings is 6. The van der Waals surface area contributed by atoms with E-state index in [1.165, 1.54) is 165 Å². The minimum Gasteiger partial charge on any atom is -0.870 e. The van der Waals surface area contributed by atoms with Crippen molar-refractivity contribution >= 4 is 141 Å². The van der Waals surface area contributed by atoms with Crippen molar-refractivity contribution in [3.63, 3.8) is 0 Å². The van der Waals surface area contributed by atoms with E-state index in [4.69, 9.17) is 123 Å². The minimum absolute atomic E-state index is 0. The number of hydrogen-bond donors (Lipinski definition) is 6. The van der Waals surface area contributed by atoms with E-state index >= 15 is 0 Å². The molecule has 6 aromatic carbocycles. The van der Waals surface area contributed by atoms with Crippen LogP contribution in [0.4, 0.5) is 0 Å². The topological polar surface area (TPSA) is 522 Å². The molecule has 0 aliphatic rings. The van der Waals surface area contributed by atoms with Gasteiger partial charge in [-0.05, 0) is 124 Å². The molecule has 704 valence electrons. The fourth-order valence-electron chi connectivity index (χ4n) is 9.05. The van der Waals surface area contributed by atoms with E-state index in [9.17, 15) is 57.0 Å². The monoisotopic (exact) mass is 2050 g/mol. The largest absolute Gasteiger partial charge is 1.00 e. The number of phosphoric acid groups is 2. The number of halogens is 5. The van der Waals surface area contributed by atoms with E-state index in [1.807, 2.05) is 24.3 Å². The molecule has 0 atom stereocenters. The van der Waals surface area contributed by atoms with Gasteiger partial charge in [-0.15, -0.1) is 0 Å². The molecule has 0 aliphatic carbocycles. The number of sulfone groups is 4. The minimum atomic E-state index is -4.90. The predicted octanol–water partition coefficient (Wildman–Crippen LogP) is 13.5. The van der Waals surface area contributed by atoms with E-state index in [-0.39, 0.29) is 98.3 Å². The Morgan fingerprint density at radius 3 is 0.961 bits per heavy atom. The van der Waals surface area contributed by atoms with Gasteiger partial charge in [-0.3, -0.25) is 24.1 Å². The van der Waals surface area contributed by atoms with E-state index in [0.717, 1.165) is 58.5 Å². The van der Waals surface area contributed by atoms with Gasteiger partial charge in [0.2, 0.25) is 0 Å². The van der Waals surface area contributed by atoms with Crippen LogP contribution in [0, 0.1) is 0 Å². The predicted molar refractivity (Wildman–Crippen MR) is 484 cm³/mol. The van der Waals surface area contributed by atoms with Gasteiger partial charge in [0.15, 0.2) is 85.4 Å². The van der Waals surface area contributed by atoms with Crippen LogP contribution in [0.2, 0.25) is 0 Å². The van der Waals surface area contributed by atoms with Gasteiger partial charge in [-0.25, -0.2) is 47.4 Å². The molecule has 0 heterocycles. The summed E-state index contributed by atoms with van der Waals surface area (Å²) in [4.78, 5) is 35.5. The van der Waals surface area contributed by atoms with Crippen LogP contribution in [0.15, 0.2) is 198 Å². The smallest absolute Gasteiger partial charge is 0.870 e. The van der Waals surface area contributed by atoms with Crippen molar-refractivity contribution in [1.29, 1.82) is 0 Å². The van der Waals surface area contributed by atoms with Crippen molar-refractivity contribution in [3.05, 3.63) is 226 Å². The number of phosphoric ester groups is 2. The zero-order valence-electron chi connectivity index (χ0n) is 71.4. The molecular weight excluding hydrogens is 1960 g/mol. The zero-order chi connectivity index (χ0) is 95.9. The molecule has 0 saturated carbocycles. The Morgan fingerprint density at radius 1 is 0.378 bits per heavy atom. The van der Waals surface area contributed by atoms with E-state index in [2.05, 4.69) is 62.5 Å². The Bertz CT molecular complexity index is 5360. The third-order valence-corrected chi connectivity index (χ3v) is 21.1. The van der Waals surface area contributed by atoms with Crippen LogP contribution in [0.1, 0.15) is 27.8 Å². The van der Waals surface area contributed by atoms with Crippen LogP contribution < -0.4 is 100 Å². The van der Waals surface area contributed by atoms with E-state index < -0.39 is 72.0 Å². The Morgan fingerprint density at radius 2 is 0.685 bits per heavy atom. The van der Waals surface area contributed by atoms with E-state index in [0.29, 0.717) is 79.6 Å². The molecule has 0 unspecified atom stereocenters. The first-order valence-corrected chi connectivity index (χ1v) is 51.8. The number of aliphatic hydroxyl groups excluding tert-OH is 2. The maximum Gasteiger partial charge on any atom is 1.00 e. The normalized spacial score (nSPS) is 11.8. The second-order valence-electron chi connectivity index (χ2n) is 22.7. The van der Waals surface area contributed by atoms with E-state index in [1.54, 1.807) is 50.6 Å². The molecule has 0 radical (unpaired) electrons. The molecule has 51 heteroatoms. The fourth-order valence-corrected chi connectivity index (χ4v) is 14.2. The Labute approximate surface area is 784 Å². The molecule has 7 N–H and O–H groups in total. The fraction of sp³-hybridized carbons (Fsp3) is 0.263. The summed E-state index contributed by atoms with van der Waals surface area (Å²) in [6, 6.07) is 25.4. The summed E-state index contributed by atoms with van der Waals surface area (Å²) in [5.41, 5.74) is 1.92. The van der Waals surface area contributed by atoms with Gasteiger partial charge in [-0.2, -0.15) is 0 Å². The summed E-state index contributed by atoms with van der Waals surface area (Å²) in [5, 5.41) is 17.4. The van der Waals surface area contributed by atoms with Crippen LogP contribution in [-0.2, 0) is 83.1 Å². The van der Waals surface area contributed by atoms with Crippen molar-refractivity contribution in [2.45, 2.75) is 11.5 Å². The molecule has 6 aromatic rings. The molecule has 127 heavy (non-hydrogen) atoms. The first kappa shape index (κ1) is 123. The van der Waals surface area contributed by atoms with Crippen LogP contribution in [0.3, 0.4) is 0 Å².